The van der Waals surface area contributed by atoms with Crippen molar-refractivity contribution in [2.45, 2.75) is 6.54 Å². The lowest BCUT2D eigenvalue weighted by molar-refractivity contribution is -0.136. The van der Waals surface area contributed by atoms with E-state index in [2.05, 4.69) is 17.0 Å². The first-order chi connectivity index (χ1) is 12.6. The number of Topliss-reactive ketones (excluding diaryl/α,β-unsaturated/α-hetero) is 1. The Bertz CT molecular complexity index is 789. The number of piperidine rings is 2. The first-order valence-corrected chi connectivity index (χ1v) is 9.33. The van der Waals surface area contributed by atoms with E-state index in [0.29, 0.717) is 42.5 Å². The number of fused-ring (bicyclic) bond motifs is 2. The Morgan fingerprint density at radius 1 is 0.923 bits per heavy atom. The summed E-state index contributed by atoms with van der Waals surface area (Å²) in [5, 5.41) is 0.615. The van der Waals surface area contributed by atoms with E-state index >= 15 is 0 Å². The minimum absolute atomic E-state index is 0.0133. The largest absolute Gasteiger partial charge is 0.337 e. The molecule has 2 aromatic carbocycles. The second kappa shape index (κ2) is 7.22. The molecule has 4 rings (SSSR count). The van der Waals surface area contributed by atoms with Crippen LogP contribution in [0.15, 0.2) is 54.6 Å². The minimum atomic E-state index is -0.0949. The third-order valence-electron chi connectivity index (χ3n) is 5.27. The zero-order valence-electron chi connectivity index (χ0n) is 14.5. The second-order valence-corrected chi connectivity index (χ2v) is 7.63. The summed E-state index contributed by atoms with van der Waals surface area (Å²) in [6.45, 7) is 3.29. The number of halogens is 1. The molecule has 0 radical (unpaired) electrons. The van der Waals surface area contributed by atoms with E-state index in [1.165, 1.54) is 5.56 Å². The van der Waals surface area contributed by atoms with Gasteiger partial charge in [-0.15, -0.1) is 0 Å². The number of benzene rings is 2. The van der Waals surface area contributed by atoms with Crippen molar-refractivity contribution in [3.63, 3.8) is 0 Å². The SMILES string of the molecule is O=C1C2CN(Cc3ccccc3)CC1CN(C(=O)c1ccc(Cl)cc1)C2. The standard InChI is InChI=1S/C21H21ClN2O2/c22-19-8-6-16(7-9-19)21(26)24-13-17-11-23(12-18(14-24)20(17)25)10-15-4-2-1-3-5-15/h1-9,17-18H,10-14H2. The monoisotopic (exact) mass is 368 g/mol. The summed E-state index contributed by atoms with van der Waals surface area (Å²) in [5.74, 6) is 0.111. The topological polar surface area (TPSA) is 40.6 Å². The molecule has 2 fully saturated rings. The van der Waals surface area contributed by atoms with Crippen molar-refractivity contribution in [2.24, 2.45) is 11.8 Å². The van der Waals surface area contributed by atoms with Gasteiger partial charge in [0.15, 0.2) is 0 Å². The predicted molar refractivity (Wildman–Crippen MR) is 101 cm³/mol. The number of nitrogens with zero attached hydrogens (tertiary/aromatic N) is 2. The normalized spacial score (nSPS) is 23.1. The van der Waals surface area contributed by atoms with Crippen LogP contribution >= 0.6 is 11.6 Å². The van der Waals surface area contributed by atoms with Gasteiger partial charge in [-0.1, -0.05) is 41.9 Å². The molecular weight excluding hydrogens is 348 g/mol. The maximum Gasteiger partial charge on any atom is 0.253 e. The molecule has 26 heavy (non-hydrogen) atoms. The molecular formula is C21H21ClN2O2. The molecule has 1 amide bonds. The molecule has 2 aromatic rings. The zero-order valence-corrected chi connectivity index (χ0v) is 15.2. The average molecular weight is 369 g/mol. The zero-order chi connectivity index (χ0) is 18.1. The van der Waals surface area contributed by atoms with Crippen LogP contribution in [-0.4, -0.2) is 47.7 Å². The van der Waals surface area contributed by atoms with E-state index in [4.69, 9.17) is 11.6 Å². The Kier molecular flexibility index (Phi) is 4.79. The van der Waals surface area contributed by atoms with Gasteiger partial charge in [0.25, 0.3) is 5.91 Å². The highest BCUT2D eigenvalue weighted by Gasteiger charge is 2.42. The molecule has 2 saturated heterocycles. The van der Waals surface area contributed by atoms with Crippen LogP contribution in [-0.2, 0) is 11.3 Å². The van der Waals surface area contributed by atoms with Crippen LogP contribution in [0.3, 0.4) is 0 Å². The number of ketones is 1. The van der Waals surface area contributed by atoms with Crippen LogP contribution < -0.4 is 0 Å². The fourth-order valence-electron chi connectivity index (χ4n) is 4.02. The minimum Gasteiger partial charge on any atom is -0.337 e. The fourth-order valence-corrected chi connectivity index (χ4v) is 4.15. The van der Waals surface area contributed by atoms with Gasteiger partial charge in [-0.2, -0.15) is 0 Å². The molecule has 5 heteroatoms. The number of likely N-dealkylation sites (tertiary alicyclic amines) is 2. The van der Waals surface area contributed by atoms with E-state index < -0.39 is 0 Å². The summed E-state index contributed by atoms with van der Waals surface area (Å²) in [6.07, 6.45) is 0. The molecule has 0 saturated carbocycles. The molecule has 2 heterocycles. The van der Waals surface area contributed by atoms with E-state index in [1.54, 1.807) is 24.3 Å². The second-order valence-electron chi connectivity index (χ2n) is 7.19. The highest BCUT2D eigenvalue weighted by Crippen LogP contribution is 2.28. The molecule has 2 atom stereocenters. The van der Waals surface area contributed by atoms with Crippen LogP contribution in [0.4, 0.5) is 0 Å². The van der Waals surface area contributed by atoms with Gasteiger partial charge in [0, 0.05) is 55.1 Å². The van der Waals surface area contributed by atoms with Gasteiger partial charge < -0.3 is 4.90 Å². The maximum atomic E-state index is 12.8. The lowest BCUT2D eigenvalue weighted by Gasteiger charge is -2.44. The number of hydrogen-bond donors (Lipinski definition) is 0. The number of carbonyl (C=O) groups is 2. The smallest absolute Gasteiger partial charge is 0.253 e. The van der Waals surface area contributed by atoms with Crippen molar-refractivity contribution in [3.8, 4) is 0 Å². The van der Waals surface area contributed by atoms with Crippen LogP contribution in [0, 0.1) is 11.8 Å². The number of hydrogen-bond acceptors (Lipinski definition) is 3. The van der Waals surface area contributed by atoms with Crippen LogP contribution in [0.2, 0.25) is 5.02 Å². The molecule has 0 aliphatic carbocycles. The first kappa shape index (κ1) is 17.3. The molecule has 134 valence electrons. The quantitative estimate of drug-likeness (QED) is 0.835. The summed E-state index contributed by atoms with van der Waals surface area (Å²) >= 11 is 5.91. The van der Waals surface area contributed by atoms with Gasteiger partial charge in [0.2, 0.25) is 0 Å². The first-order valence-electron chi connectivity index (χ1n) is 8.95. The van der Waals surface area contributed by atoms with E-state index in [0.717, 1.165) is 6.54 Å². The van der Waals surface area contributed by atoms with Gasteiger partial charge in [-0.3, -0.25) is 14.5 Å². The summed E-state index contributed by atoms with van der Waals surface area (Å²) in [4.78, 5) is 29.5. The molecule has 2 bridgehead atoms. The Morgan fingerprint density at radius 3 is 2.15 bits per heavy atom. The van der Waals surface area contributed by atoms with Crippen LogP contribution in [0.25, 0.3) is 0 Å². The van der Waals surface area contributed by atoms with Crippen molar-refractivity contribution in [2.75, 3.05) is 26.2 Å². The Labute approximate surface area is 158 Å². The van der Waals surface area contributed by atoms with Crippen molar-refractivity contribution in [1.82, 2.24) is 9.80 Å². The number of rotatable bonds is 3. The summed E-state index contributed by atoms with van der Waals surface area (Å²) in [6, 6.07) is 17.3. The lowest BCUT2D eigenvalue weighted by Crippen LogP contribution is -2.59. The van der Waals surface area contributed by atoms with Gasteiger partial charge >= 0.3 is 0 Å². The number of carbonyl (C=O) groups excluding carboxylic acids is 2. The van der Waals surface area contributed by atoms with Crippen molar-refractivity contribution in [3.05, 3.63) is 70.7 Å². The highest BCUT2D eigenvalue weighted by atomic mass is 35.5. The van der Waals surface area contributed by atoms with Gasteiger partial charge in [0.05, 0.1) is 0 Å². The summed E-state index contributed by atoms with van der Waals surface area (Å²) in [5.41, 5.74) is 1.89. The van der Waals surface area contributed by atoms with Crippen LogP contribution in [0.5, 0.6) is 0 Å². The molecule has 2 unspecified atom stereocenters. The van der Waals surface area contributed by atoms with Crippen LogP contribution in [0.1, 0.15) is 15.9 Å². The van der Waals surface area contributed by atoms with Gasteiger partial charge in [-0.25, -0.2) is 0 Å². The van der Waals surface area contributed by atoms with Gasteiger partial charge in [-0.05, 0) is 29.8 Å². The van der Waals surface area contributed by atoms with Crippen molar-refractivity contribution < 1.29 is 9.59 Å². The predicted octanol–water partition coefficient (Wildman–Crippen LogP) is 3.11. The Hall–Kier alpha value is -2.17. The van der Waals surface area contributed by atoms with Crippen molar-refractivity contribution >= 4 is 23.3 Å². The average Bonchev–Trinajstić information content (AvgIpc) is 2.63. The van der Waals surface area contributed by atoms with E-state index in [-0.39, 0.29) is 17.7 Å². The summed E-state index contributed by atoms with van der Waals surface area (Å²) < 4.78 is 0. The molecule has 4 nitrogen and oxygen atoms in total. The molecule has 0 spiro atoms. The molecule has 2 aliphatic rings. The van der Waals surface area contributed by atoms with E-state index in [1.807, 2.05) is 23.1 Å². The third kappa shape index (κ3) is 3.53. The highest BCUT2D eigenvalue weighted by molar-refractivity contribution is 6.30. The third-order valence-corrected chi connectivity index (χ3v) is 5.52. The maximum absolute atomic E-state index is 12.8. The molecule has 0 N–H and O–H groups in total. The lowest BCUT2D eigenvalue weighted by atomic mass is 9.82. The van der Waals surface area contributed by atoms with Crippen molar-refractivity contribution in [1.29, 1.82) is 0 Å². The molecule has 0 aromatic heterocycles. The fraction of sp³-hybridized carbons (Fsp3) is 0.333. The summed E-state index contributed by atoms with van der Waals surface area (Å²) in [7, 11) is 0. The number of amides is 1. The van der Waals surface area contributed by atoms with E-state index in [9.17, 15) is 9.59 Å². The Morgan fingerprint density at radius 2 is 1.54 bits per heavy atom. The molecule has 2 aliphatic heterocycles. The Balaban J connectivity index is 1.45. The van der Waals surface area contributed by atoms with Gasteiger partial charge in [0.1, 0.15) is 5.78 Å².